The summed E-state index contributed by atoms with van der Waals surface area (Å²) in [7, 11) is 0. The minimum atomic E-state index is -1.15. The monoisotopic (exact) mass is 480 g/mol. The molecule has 4 aliphatic rings. The first-order chi connectivity index (χ1) is 16.1. The molecule has 0 amide bonds. The highest BCUT2D eigenvalue weighted by Crippen LogP contribution is 2.66. The van der Waals surface area contributed by atoms with Crippen LogP contribution in [0.5, 0.6) is 0 Å². The van der Waals surface area contributed by atoms with Crippen molar-refractivity contribution >= 4 is 11.9 Å². The van der Waals surface area contributed by atoms with Crippen LogP contribution in [0.15, 0.2) is 18.2 Å². The van der Waals surface area contributed by atoms with E-state index < -0.39 is 16.4 Å². The van der Waals surface area contributed by atoms with Gasteiger partial charge in [0.15, 0.2) is 0 Å². The van der Waals surface area contributed by atoms with Gasteiger partial charge in [-0.25, -0.2) is 4.79 Å². The Morgan fingerprint density at radius 1 is 0.914 bits per heavy atom. The van der Waals surface area contributed by atoms with Crippen LogP contribution in [0.4, 0.5) is 0 Å². The summed E-state index contributed by atoms with van der Waals surface area (Å²) in [6.45, 7) is 20.3. The minimum Gasteiger partial charge on any atom is -0.462 e. The van der Waals surface area contributed by atoms with Crippen LogP contribution in [0.25, 0.3) is 0 Å². The lowest BCUT2D eigenvalue weighted by atomic mass is 9.62. The average Bonchev–Trinajstić information content (AvgIpc) is 3.28. The van der Waals surface area contributed by atoms with Gasteiger partial charge in [0.1, 0.15) is 0 Å². The third-order valence-electron chi connectivity index (χ3n) is 11.6. The first-order valence-corrected chi connectivity index (χ1v) is 13.6. The molecule has 5 atom stereocenters. The van der Waals surface area contributed by atoms with Gasteiger partial charge in [0.2, 0.25) is 5.60 Å². The van der Waals surface area contributed by atoms with Gasteiger partial charge in [-0.1, -0.05) is 80.0 Å². The summed E-state index contributed by atoms with van der Waals surface area (Å²) >= 11 is 0. The fourth-order valence-corrected chi connectivity index (χ4v) is 8.03. The fraction of sp³-hybridized carbons (Fsp3) is 0.742. The summed E-state index contributed by atoms with van der Waals surface area (Å²) in [5.41, 5.74) is 2.36. The van der Waals surface area contributed by atoms with Crippen molar-refractivity contribution in [2.75, 3.05) is 6.61 Å². The molecule has 192 valence electrons. The smallest absolute Gasteiger partial charge is 0.351 e. The Hall–Kier alpha value is -1.84. The van der Waals surface area contributed by atoms with Gasteiger partial charge in [0.25, 0.3) is 0 Å². The van der Waals surface area contributed by atoms with Crippen LogP contribution in [-0.4, -0.2) is 24.1 Å². The molecule has 0 spiro atoms. The molecule has 4 nitrogen and oxygen atoms in total. The van der Waals surface area contributed by atoms with Gasteiger partial charge >= 0.3 is 11.9 Å². The zero-order valence-corrected chi connectivity index (χ0v) is 23.3. The Morgan fingerprint density at radius 3 is 2.09 bits per heavy atom. The van der Waals surface area contributed by atoms with Gasteiger partial charge in [-0.05, 0) is 66.0 Å². The molecule has 2 bridgehead atoms. The number of fused-ring (bicyclic) bond motifs is 3. The summed E-state index contributed by atoms with van der Waals surface area (Å²) in [6.07, 6.45) is 4.68. The van der Waals surface area contributed by atoms with Crippen molar-refractivity contribution in [1.82, 2.24) is 0 Å². The van der Waals surface area contributed by atoms with E-state index in [1.807, 2.05) is 20.8 Å². The van der Waals surface area contributed by atoms with Crippen LogP contribution >= 0.6 is 0 Å². The van der Waals surface area contributed by atoms with Crippen molar-refractivity contribution in [3.05, 3.63) is 34.9 Å². The molecule has 1 aromatic carbocycles. The highest BCUT2D eigenvalue weighted by atomic mass is 16.6. The summed E-state index contributed by atoms with van der Waals surface area (Å²) in [6, 6.07) is 7.16. The zero-order chi connectivity index (χ0) is 25.8. The number of carbonyl (C=O) groups is 2. The maximum Gasteiger partial charge on any atom is 0.351 e. The number of rotatable bonds is 5. The number of esters is 2. The largest absolute Gasteiger partial charge is 0.462 e. The summed E-state index contributed by atoms with van der Waals surface area (Å²) in [4.78, 5) is 26.1. The van der Waals surface area contributed by atoms with E-state index >= 15 is 0 Å². The molecule has 1 saturated heterocycles. The Kier molecular flexibility index (Phi) is 5.06. The van der Waals surface area contributed by atoms with Crippen LogP contribution < -0.4 is 0 Å². The molecule has 1 aliphatic heterocycles. The van der Waals surface area contributed by atoms with Crippen molar-refractivity contribution in [3.8, 4) is 0 Å². The molecular formula is C31H44O4. The molecule has 2 saturated carbocycles. The van der Waals surface area contributed by atoms with E-state index in [0.717, 1.165) is 6.42 Å². The van der Waals surface area contributed by atoms with Gasteiger partial charge < -0.3 is 9.47 Å². The number of carbonyl (C=O) groups excluding carboxylic acids is 2. The fourth-order valence-electron chi connectivity index (χ4n) is 8.03. The number of hydrogen-bond acceptors (Lipinski definition) is 4. The van der Waals surface area contributed by atoms with Crippen LogP contribution in [-0.2, 0) is 35.3 Å². The lowest BCUT2D eigenvalue weighted by molar-refractivity contribution is -0.183. The van der Waals surface area contributed by atoms with Gasteiger partial charge in [0, 0.05) is 16.7 Å². The first-order valence-electron chi connectivity index (χ1n) is 13.6. The van der Waals surface area contributed by atoms with Gasteiger partial charge in [-0.3, -0.25) is 4.79 Å². The third kappa shape index (κ3) is 2.98. The van der Waals surface area contributed by atoms with Crippen molar-refractivity contribution in [1.29, 1.82) is 0 Å². The molecule has 35 heavy (non-hydrogen) atoms. The summed E-state index contributed by atoms with van der Waals surface area (Å²) in [5.74, 6) is 0.139. The SMILES string of the molecule is CC[C@H]1[C@@H](COC(=O)C23CCC(C)(C(=O)O2)C3(C)C)[C@@]1(C)c1ccc2c(c1)C(C)(C)CCC2(C)C. The zero-order valence-electron chi connectivity index (χ0n) is 23.3. The van der Waals surface area contributed by atoms with Crippen molar-refractivity contribution < 1.29 is 19.1 Å². The van der Waals surface area contributed by atoms with E-state index in [1.54, 1.807) is 0 Å². The predicted molar refractivity (Wildman–Crippen MR) is 137 cm³/mol. The molecule has 3 fully saturated rings. The maximum atomic E-state index is 13.5. The van der Waals surface area contributed by atoms with Crippen molar-refractivity contribution in [2.24, 2.45) is 22.7 Å². The van der Waals surface area contributed by atoms with E-state index in [0.29, 0.717) is 25.4 Å². The second kappa shape index (κ2) is 7.13. The van der Waals surface area contributed by atoms with E-state index in [4.69, 9.17) is 9.47 Å². The van der Waals surface area contributed by atoms with Crippen molar-refractivity contribution in [2.45, 2.75) is 116 Å². The van der Waals surface area contributed by atoms with E-state index in [9.17, 15) is 9.59 Å². The van der Waals surface area contributed by atoms with Gasteiger partial charge in [-0.15, -0.1) is 0 Å². The first kappa shape index (κ1) is 24.8. The lowest BCUT2D eigenvalue weighted by Crippen LogP contribution is -2.49. The standard InChI is InChI=1S/C31H44O4/c1-10-20-23(18-34-25(33)31-16-15-29(8,24(32)35-31)28(31,6)7)30(20,9)19-11-12-21-22(17-19)27(4,5)14-13-26(21,2)3/h11-12,17,20,23H,10,13-16,18H2,1-9H3/t20-,23+,29?,30-,31?/m0/s1. The lowest BCUT2D eigenvalue weighted by Gasteiger charge is -2.42. The maximum absolute atomic E-state index is 13.5. The summed E-state index contributed by atoms with van der Waals surface area (Å²) in [5, 5.41) is 0. The highest BCUT2D eigenvalue weighted by molar-refractivity contribution is 5.93. The second-order valence-electron chi connectivity index (χ2n) is 14.2. The molecule has 1 aromatic rings. The number of ether oxygens (including phenoxy) is 2. The third-order valence-corrected chi connectivity index (χ3v) is 11.6. The molecular weight excluding hydrogens is 436 g/mol. The van der Waals surface area contributed by atoms with Crippen LogP contribution in [0.1, 0.15) is 111 Å². The molecule has 5 rings (SSSR count). The summed E-state index contributed by atoms with van der Waals surface area (Å²) < 4.78 is 11.8. The molecule has 0 N–H and O–H groups in total. The van der Waals surface area contributed by atoms with E-state index in [-0.39, 0.29) is 34.1 Å². The molecule has 1 heterocycles. The highest BCUT2D eigenvalue weighted by Gasteiger charge is 2.76. The quantitative estimate of drug-likeness (QED) is 0.445. The Morgan fingerprint density at radius 2 is 1.54 bits per heavy atom. The normalized spacial score (nSPS) is 39.6. The minimum absolute atomic E-state index is 0.00847. The van der Waals surface area contributed by atoms with Crippen molar-refractivity contribution in [3.63, 3.8) is 0 Å². The van der Waals surface area contributed by atoms with Gasteiger partial charge in [-0.2, -0.15) is 0 Å². The Bertz CT molecular complexity index is 1100. The van der Waals surface area contributed by atoms with Gasteiger partial charge in [0.05, 0.1) is 12.0 Å². The Labute approximate surface area is 211 Å². The molecule has 0 radical (unpaired) electrons. The number of hydrogen-bond donors (Lipinski definition) is 0. The van der Waals surface area contributed by atoms with Crippen LogP contribution in [0.3, 0.4) is 0 Å². The average molecular weight is 481 g/mol. The molecule has 3 aliphatic carbocycles. The topological polar surface area (TPSA) is 52.6 Å². The van der Waals surface area contributed by atoms with Crippen LogP contribution in [0.2, 0.25) is 0 Å². The molecule has 0 aromatic heterocycles. The second-order valence-corrected chi connectivity index (χ2v) is 14.2. The van der Waals surface area contributed by atoms with E-state index in [2.05, 4.69) is 59.7 Å². The van der Waals surface area contributed by atoms with Crippen LogP contribution in [0, 0.1) is 22.7 Å². The Balaban J connectivity index is 1.38. The molecule has 2 unspecified atom stereocenters. The predicted octanol–water partition coefficient (Wildman–Crippen LogP) is 6.61. The van der Waals surface area contributed by atoms with E-state index in [1.165, 1.54) is 29.5 Å². The molecule has 4 heteroatoms. The number of benzene rings is 1.